The zero-order valence-electron chi connectivity index (χ0n) is 17.6. The van der Waals surface area contributed by atoms with Crippen molar-refractivity contribution in [3.63, 3.8) is 0 Å². The molecule has 2 amide bonds. The largest absolute Gasteiger partial charge is 0.352 e. The van der Waals surface area contributed by atoms with E-state index in [0.717, 1.165) is 29.7 Å². The van der Waals surface area contributed by atoms with Gasteiger partial charge in [-0.3, -0.25) is 9.59 Å². The molecule has 1 aromatic heterocycles. The Kier molecular flexibility index (Phi) is 5.93. The Hall–Kier alpha value is -3.74. The minimum absolute atomic E-state index is 0.128. The van der Waals surface area contributed by atoms with Crippen LogP contribution in [0.5, 0.6) is 0 Å². The first-order valence-electron chi connectivity index (χ1n) is 10.5. The summed E-state index contributed by atoms with van der Waals surface area (Å²) in [6.45, 7) is 4.44. The molecule has 31 heavy (non-hydrogen) atoms. The van der Waals surface area contributed by atoms with Crippen molar-refractivity contribution in [2.75, 3.05) is 6.54 Å². The molecule has 3 aromatic rings. The van der Waals surface area contributed by atoms with E-state index in [1.807, 2.05) is 50.3 Å². The topological polar surface area (TPSA) is 88.9 Å². The maximum atomic E-state index is 12.8. The average molecular weight is 415 g/mol. The van der Waals surface area contributed by atoms with Crippen LogP contribution in [0.15, 0.2) is 54.6 Å². The molecule has 0 spiro atoms. The fraction of sp³-hybridized carbons (Fsp3) is 0.250. The van der Waals surface area contributed by atoms with E-state index < -0.39 is 0 Å². The highest BCUT2D eigenvalue weighted by atomic mass is 16.2. The third kappa shape index (κ3) is 4.71. The average Bonchev–Trinajstić information content (AvgIpc) is 3.51. The number of benzene rings is 2. The zero-order chi connectivity index (χ0) is 21.8. The lowest BCUT2D eigenvalue weighted by Crippen LogP contribution is -2.26. The van der Waals surface area contributed by atoms with Crippen molar-refractivity contribution in [1.29, 1.82) is 0 Å². The number of aromatic nitrogens is 3. The van der Waals surface area contributed by atoms with Crippen molar-refractivity contribution >= 4 is 23.5 Å². The molecule has 2 aromatic carbocycles. The number of carbonyl (C=O) groups is 2. The van der Waals surface area contributed by atoms with E-state index in [4.69, 9.17) is 0 Å². The first-order chi connectivity index (χ1) is 15.1. The Morgan fingerprint density at radius 1 is 1.03 bits per heavy atom. The van der Waals surface area contributed by atoms with Gasteiger partial charge in [0, 0.05) is 18.2 Å². The molecular formula is C24H25N5O2. The van der Waals surface area contributed by atoms with Crippen molar-refractivity contribution in [2.24, 2.45) is 0 Å². The van der Waals surface area contributed by atoms with Crippen LogP contribution >= 0.6 is 0 Å². The fourth-order valence-corrected chi connectivity index (χ4v) is 3.26. The first-order valence-corrected chi connectivity index (χ1v) is 10.5. The summed E-state index contributed by atoms with van der Waals surface area (Å²) in [4.78, 5) is 24.8. The molecule has 1 saturated carbocycles. The molecule has 0 atom stereocenters. The van der Waals surface area contributed by atoms with Crippen LogP contribution in [0.3, 0.4) is 0 Å². The molecule has 2 N–H and O–H groups in total. The Bertz CT molecular complexity index is 1110. The highest BCUT2D eigenvalue weighted by Gasteiger charge is 2.27. The number of hydrogen-bond acceptors (Lipinski definition) is 4. The van der Waals surface area contributed by atoms with Crippen LogP contribution in [0.4, 0.5) is 0 Å². The maximum Gasteiger partial charge on any atom is 0.274 e. The molecule has 1 aliphatic carbocycles. The monoisotopic (exact) mass is 415 g/mol. The van der Waals surface area contributed by atoms with Gasteiger partial charge in [-0.25, -0.2) is 4.68 Å². The van der Waals surface area contributed by atoms with E-state index >= 15 is 0 Å². The van der Waals surface area contributed by atoms with Crippen molar-refractivity contribution in [3.05, 3.63) is 77.1 Å². The fourth-order valence-electron chi connectivity index (χ4n) is 3.26. The standard InChI is InChI=1S/C24H25N5O2/c1-3-25-23(30)18-9-13-20(14-10-18)29-21(15-16(2)17-7-5-4-6-8-17)22(27-28-29)24(31)26-19-11-12-19/h4-10,13-15,19H,3,11-12H2,1-2H3,(H,25,30)(H,26,31)/b16-15+. The minimum Gasteiger partial charge on any atom is -0.352 e. The van der Waals surface area contributed by atoms with Crippen LogP contribution in [0.1, 0.15) is 58.8 Å². The molecule has 4 rings (SSSR count). The molecule has 7 nitrogen and oxygen atoms in total. The number of nitrogens with one attached hydrogen (secondary N) is 2. The van der Waals surface area contributed by atoms with E-state index in [1.54, 1.807) is 28.9 Å². The zero-order valence-corrected chi connectivity index (χ0v) is 17.6. The van der Waals surface area contributed by atoms with Gasteiger partial charge in [-0.1, -0.05) is 35.5 Å². The number of carbonyl (C=O) groups excluding carboxylic acids is 2. The smallest absolute Gasteiger partial charge is 0.274 e. The second-order valence-electron chi connectivity index (χ2n) is 7.58. The molecule has 0 bridgehead atoms. The van der Waals surface area contributed by atoms with Gasteiger partial charge in [0.05, 0.1) is 5.69 Å². The van der Waals surface area contributed by atoms with Gasteiger partial charge in [0.15, 0.2) is 5.69 Å². The predicted molar refractivity (Wildman–Crippen MR) is 120 cm³/mol. The van der Waals surface area contributed by atoms with Crippen molar-refractivity contribution in [1.82, 2.24) is 25.6 Å². The normalized spacial score (nSPS) is 13.7. The summed E-state index contributed by atoms with van der Waals surface area (Å²) in [6.07, 6.45) is 3.92. The van der Waals surface area contributed by atoms with Gasteiger partial charge < -0.3 is 10.6 Å². The van der Waals surface area contributed by atoms with Gasteiger partial charge in [0.25, 0.3) is 11.8 Å². The van der Waals surface area contributed by atoms with Gasteiger partial charge in [-0.2, -0.15) is 0 Å². The van der Waals surface area contributed by atoms with Gasteiger partial charge in [0.2, 0.25) is 0 Å². The second-order valence-corrected chi connectivity index (χ2v) is 7.58. The second kappa shape index (κ2) is 8.95. The third-order valence-electron chi connectivity index (χ3n) is 5.13. The van der Waals surface area contributed by atoms with Crippen LogP contribution in [0.25, 0.3) is 17.3 Å². The molecule has 7 heteroatoms. The van der Waals surface area contributed by atoms with Gasteiger partial charge in [0.1, 0.15) is 5.69 Å². The van der Waals surface area contributed by atoms with Gasteiger partial charge in [-0.15, -0.1) is 5.10 Å². The minimum atomic E-state index is -0.222. The highest BCUT2D eigenvalue weighted by Crippen LogP contribution is 2.23. The summed E-state index contributed by atoms with van der Waals surface area (Å²) in [5.41, 5.74) is 4.22. The van der Waals surface area contributed by atoms with E-state index in [2.05, 4.69) is 20.9 Å². The lowest BCUT2D eigenvalue weighted by Gasteiger charge is -2.08. The summed E-state index contributed by atoms with van der Waals surface area (Å²) < 4.78 is 1.63. The maximum absolute atomic E-state index is 12.8. The number of rotatable bonds is 7. The molecule has 1 aliphatic rings. The molecule has 0 aliphatic heterocycles. The van der Waals surface area contributed by atoms with E-state index in [9.17, 15) is 9.59 Å². The molecule has 1 fully saturated rings. The quantitative estimate of drug-likeness (QED) is 0.618. The Labute approximate surface area is 181 Å². The number of allylic oxidation sites excluding steroid dienone is 1. The number of nitrogens with zero attached hydrogens (tertiary/aromatic N) is 3. The van der Waals surface area contributed by atoms with Gasteiger partial charge in [-0.05, 0) is 68.2 Å². The van der Waals surface area contributed by atoms with Gasteiger partial charge >= 0.3 is 0 Å². The lowest BCUT2D eigenvalue weighted by molar-refractivity contribution is 0.0941. The van der Waals surface area contributed by atoms with Crippen LogP contribution in [0.2, 0.25) is 0 Å². The van der Waals surface area contributed by atoms with Crippen molar-refractivity contribution < 1.29 is 9.59 Å². The van der Waals surface area contributed by atoms with Crippen LogP contribution in [-0.4, -0.2) is 39.4 Å². The Balaban J connectivity index is 1.73. The van der Waals surface area contributed by atoms with Crippen LogP contribution < -0.4 is 10.6 Å². The summed E-state index contributed by atoms with van der Waals surface area (Å²) in [7, 11) is 0. The molecule has 158 valence electrons. The third-order valence-corrected chi connectivity index (χ3v) is 5.13. The number of hydrogen-bond donors (Lipinski definition) is 2. The predicted octanol–water partition coefficient (Wildman–Crippen LogP) is 3.47. The Morgan fingerprint density at radius 2 is 1.74 bits per heavy atom. The first kappa shape index (κ1) is 20.5. The van der Waals surface area contributed by atoms with E-state index in [-0.39, 0.29) is 23.6 Å². The summed E-state index contributed by atoms with van der Waals surface area (Å²) >= 11 is 0. The lowest BCUT2D eigenvalue weighted by atomic mass is 10.1. The van der Waals surface area contributed by atoms with E-state index in [1.165, 1.54) is 0 Å². The van der Waals surface area contributed by atoms with Crippen LogP contribution in [-0.2, 0) is 0 Å². The van der Waals surface area contributed by atoms with E-state index in [0.29, 0.717) is 17.8 Å². The SMILES string of the molecule is CCNC(=O)c1ccc(-n2nnc(C(=O)NC3CC3)c2/C=C(\C)c2ccccc2)cc1. The number of amides is 2. The van der Waals surface area contributed by atoms with Crippen molar-refractivity contribution in [3.8, 4) is 5.69 Å². The molecule has 1 heterocycles. The summed E-state index contributed by atoms with van der Waals surface area (Å²) in [5.74, 6) is -0.350. The molecule has 0 radical (unpaired) electrons. The van der Waals surface area contributed by atoms with Crippen LogP contribution in [0, 0.1) is 0 Å². The molecule has 0 unspecified atom stereocenters. The summed E-state index contributed by atoms with van der Waals surface area (Å²) in [5, 5.41) is 14.2. The van der Waals surface area contributed by atoms with Crippen molar-refractivity contribution in [2.45, 2.75) is 32.7 Å². The molecule has 0 saturated heterocycles. The Morgan fingerprint density at radius 3 is 2.39 bits per heavy atom. The summed E-state index contributed by atoms with van der Waals surface area (Å²) in [6, 6.07) is 17.3. The molecular weight excluding hydrogens is 390 g/mol. The highest BCUT2D eigenvalue weighted by molar-refractivity contribution is 5.97.